The molecule has 3 rings (SSSR count). The first kappa shape index (κ1) is 17.6. The van der Waals surface area contributed by atoms with Crippen molar-refractivity contribution in [2.75, 3.05) is 0 Å². The molecule has 132 valence electrons. The lowest BCUT2D eigenvalue weighted by Crippen LogP contribution is -2.09. The molecule has 26 heavy (non-hydrogen) atoms. The standard InChI is InChI=1S/C19H15F2N3O2/c1-2-13-7-15(26-16-6-12(20)10-22-11-16)9-17(23-13)18(25)8-14-4-3-5-19(21)24-14/h3-7,9-11H,2,8H2,1H3. The zero-order chi connectivity index (χ0) is 18.5. The Kier molecular flexibility index (Phi) is 5.26. The van der Waals surface area contributed by atoms with E-state index in [1.807, 2.05) is 6.92 Å². The number of Topliss-reactive ketones (excluding diaryl/α,β-unsaturated/α-hetero) is 1. The van der Waals surface area contributed by atoms with Crippen LogP contribution in [-0.2, 0) is 12.8 Å². The molecular weight excluding hydrogens is 340 g/mol. The van der Waals surface area contributed by atoms with Crippen molar-refractivity contribution in [3.05, 3.63) is 77.6 Å². The van der Waals surface area contributed by atoms with Crippen LogP contribution in [0.5, 0.6) is 11.5 Å². The lowest BCUT2D eigenvalue weighted by Gasteiger charge is -2.09. The number of hydrogen-bond acceptors (Lipinski definition) is 5. The van der Waals surface area contributed by atoms with E-state index in [0.717, 1.165) is 6.20 Å². The minimum atomic E-state index is -0.645. The van der Waals surface area contributed by atoms with Gasteiger partial charge in [0.15, 0.2) is 5.78 Å². The first-order chi connectivity index (χ1) is 12.5. The maximum absolute atomic E-state index is 13.3. The number of rotatable bonds is 6. The second-order valence-electron chi connectivity index (χ2n) is 5.53. The van der Waals surface area contributed by atoms with Gasteiger partial charge in [0, 0.05) is 23.9 Å². The summed E-state index contributed by atoms with van der Waals surface area (Å²) in [6.45, 7) is 1.89. The highest BCUT2D eigenvalue weighted by molar-refractivity contribution is 5.95. The van der Waals surface area contributed by atoms with Crippen molar-refractivity contribution < 1.29 is 18.3 Å². The van der Waals surface area contributed by atoms with Crippen LogP contribution < -0.4 is 4.74 Å². The van der Waals surface area contributed by atoms with Crippen molar-refractivity contribution in [1.82, 2.24) is 15.0 Å². The molecule has 0 amide bonds. The fourth-order valence-corrected chi connectivity index (χ4v) is 2.33. The molecule has 3 aromatic rings. The maximum Gasteiger partial charge on any atom is 0.213 e. The Labute approximate surface area is 148 Å². The predicted molar refractivity (Wildman–Crippen MR) is 90.1 cm³/mol. The van der Waals surface area contributed by atoms with Crippen LogP contribution in [0.3, 0.4) is 0 Å². The van der Waals surface area contributed by atoms with Crippen molar-refractivity contribution in [3.63, 3.8) is 0 Å². The molecule has 0 saturated heterocycles. The van der Waals surface area contributed by atoms with Gasteiger partial charge in [0.25, 0.3) is 0 Å². The maximum atomic E-state index is 13.3. The van der Waals surface area contributed by atoms with Gasteiger partial charge in [0.05, 0.1) is 24.5 Å². The van der Waals surface area contributed by atoms with E-state index in [4.69, 9.17) is 4.74 Å². The highest BCUT2D eigenvalue weighted by atomic mass is 19.1. The van der Waals surface area contributed by atoms with Gasteiger partial charge in [0.1, 0.15) is 23.0 Å². The predicted octanol–water partition coefficient (Wildman–Crippen LogP) is 3.93. The topological polar surface area (TPSA) is 65.0 Å². The fourth-order valence-electron chi connectivity index (χ4n) is 2.33. The number of ether oxygens (including phenoxy) is 1. The summed E-state index contributed by atoms with van der Waals surface area (Å²) in [5, 5.41) is 0. The number of ketones is 1. The van der Waals surface area contributed by atoms with Gasteiger partial charge < -0.3 is 4.74 Å². The van der Waals surface area contributed by atoms with Gasteiger partial charge >= 0.3 is 0 Å². The highest BCUT2D eigenvalue weighted by Gasteiger charge is 2.14. The average Bonchev–Trinajstić information content (AvgIpc) is 2.61. The molecule has 0 unspecified atom stereocenters. The van der Waals surface area contributed by atoms with E-state index in [9.17, 15) is 13.6 Å². The minimum absolute atomic E-state index is 0.0844. The highest BCUT2D eigenvalue weighted by Crippen LogP contribution is 2.23. The minimum Gasteiger partial charge on any atom is -0.455 e. The number of halogens is 2. The molecule has 7 heteroatoms. The Morgan fingerprint density at radius 3 is 2.62 bits per heavy atom. The Balaban J connectivity index is 1.85. The van der Waals surface area contributed by atoms with Crippen molar-refractivity contribution in [2.45, 2.75) is 19.8 Å². The van der Waals surface area contributed by atoms with Gasteiger partial charge in [-0.25, -0.2) is 14.4 Å². The number of carbonyl (C=O) groups is 1. The summed E-state index contributed by atoms with van der Waals surface area (Å²) < 4.78 is 32.0. The Morgan fingerprint density at radius 2 is 1.88 bits per heavy atom. The van der Waals surface area contributed by atoms with Crippen LogP contribution in [0.4, 0.5) is 8.78 Å². The van der Waals surface area contributed by atoms with Crippen molar-refractivity contribution in [1.29, 1.82) is 0 Å². The zero-order valence-corrected chi connectivity index (χ0v) is 13.9. The molecule has 0 radical (unpaired) electrons. The van der Waals surface area contributed by atoms with E-state index >= 15 is 0 Å². The monoisotopic (exact) mass is 355 g/mol. The fraction of sp³-hybridized carbons (Fsp3) is 0.158. The molecule has 3 aromatic heterocycles. The van der Waals surface area contributed by atoms with Gasteiger partial charge in [-0.15, -0.1) is 0 Å². The summed E-state index contributed by atoms with van der Waals surface area (Å²) >= 11 is 0. The van der Waals surface area contributed by atoms with Crippen LogP contribution in [0.1, 0.15) is 28.8 Å². The second-order valence-corrected chi connectivity index (χ2v) is 5.53. The number of hydrogen-bond donors (Lipinski definition) is 0. The smallest absolute Gasteiger partial charge is 0.213 e. The molecule has 3 heterocycles. The third kappa shape index (κ3) is 4.44. The molecule has 0 fully saturated rings. The van der Waals surface area contributed by atoms with Crippen molar-refractivity contribution in [2.24, 2.45) is 0 Å². The van der Waals surface area contributed by atoms with E-state index in [2.05, 4.69) is 15.0 Å². The molecular formula is C19H15F2N3O2. The summed E-state index contributed by atoms with van der Waals surface area (Å²) in [6.07, 6.45) is 2.93. The Morgan fingerprint density at radius 1 is 1.04 bits per heavy atom. The number of aromatic nitrogens is 3. The lowest BCUT2D eigenvalue weighted by molar-refractivity contribution is 0.0986. The molecule has 0 aromatic carbocycles. The van der Waals surface area contributed by atoms with Gasteiger partial charge in [-0.05, 0) is 18.6 Å². The quantitative estimate of drug-likeness (QED) is 0.495. The number of carbonyl (C=O) groups excluding carboxylic acids is 1. The Hall–Kier alpha value is -3.22. The summed E-state index contributed by atoms with van der Waals surface area (Å²) in [6, 6.07) is 8.60. The summed E-state index contributed by atoms with van der Waals surface area (Å²) in [4.78, 5) is 24.2. The third-order valence-electron chi connectivity index (χ3n) is 3.53. The molecule has 0 bridgehead atoms. The second kappa shape index (κ2) is 7.77. The van der Waals surface area contributed by atoms with Crippen LogP contribution >= 0.6 is 0 Å². The summed E-state index contributed by atoms with van der Waals surface area (Å²) in [5.74, 6) is -0.933. The number of aryl methyl sites for hydroxylation is 1. The Bertz CT molecular complexity index is 948. The van der Waals surface area contributed by atoms with Crippen LogP contribution in [-0.4, -0.2) is 20.7 Å². The van der Waals surface area contributed by atoms with E-state index < -0.39 is 11.8 Å². The van der Waals surface area contributed by atoms with Crippen LogP contribution in [0, 0.1) is 11.8 Å². The van der Waals surface area contributed by atoms with Gasteiger partial charge in [-0.1, -0.05) is 13.0 Å². The van der Waals surface area contributed by atoms with Gasteiger partial charge in [0.2, 0.25) is 5.95 Å². The molecule has 0 aliphatic rings. The molecule has 0 aliphatic carbocycles. The number of nitrogens with zero attached hydrogens (tertiary/aromatic N) is 3. The first-order valence-electron chi connectivity index (χ1n) is 7.97. The molecule has 0 saturated carbocycles. The SMILES string of the molecule is CCc1cc(Oc2cncc(F)c2)cc(C(=O)Cc2cccc(F)n2)n1. The van der Waals surface area contributed by atoms with Crippen LogP contribution in [0.2, 0.25) is 0 Å². The normalized spacial score (nSPS) is 10.6. The van der Waals surface area contributed by atoms with Gasteiger partial charge in [-0.2, -0.15) is 4.39 Å². The molecule has 0 atom stereocenters. The lowest BCUT2D eigenvalue weighted by atomic mass is 10.1. The van der Waals surface area contributed by atoms with Crippen LogP contribution in [0.25, 0.3) is 0 Å². The van der Waals surface area contributed by atoms with Crippen molar-refractivity contribution in [3.8, 4) is 11.5 Å². The molecule has 5 nitrogen and oxygen atoms in total. The summed E-state index contributed by atoms with van der Waals surface area (Å²) in [5.41, 5.74) is 1.13. The zero-order valence-electron chi connectivity index (χ0n) is 13.9. The van der Waals surface area contributed by atoms with E-state index in [1.54, 1.807) is 12.1 Å². The molecule has 0 aliphatic heterocycles. The van der Waals surface area contributed by atoms with Crippen molar-refractivity contribution >= 4 is 5.78 Å². The first-order valence-corrected chi connectivity index (χ1v) is 7.97. The number of pyridine rings is 3. The van der Waals surface area contributed by atoms with E-state index in [-0.39, 0.29) is 23.6 Å². The molecule has 0 N–H and O–H groups in total. The average molecular weight is 355 g/mol. The largest absolute Gasteiger partial charge is 0.455 e. The third-order valence-corrected chi connectivity index (χ3v) is 3.53. The molecule has 0 spiro atoms. The summed E-state index contributed by atoms with van der Waals surface area (Å²) in [7, 11) is 0. The van der Waals surface area contributed by atoms with E-state index in [0.29, 0.717) is 23.6 Å². The van der Waals surface area contributed by atoms with Crippen LogP contribution in [0.15, 0.2) is 48.8 Å². The van der Waals surface area contributed by atoms with Gasteiger partial charge in [-0.3, -0.25) is 9.78 Å². The van der Waals surface area contributed by atoms with E-state index in [1.165, 1.54) is 30.5 Å².